The van der Waals surface area contributed by atoms with Crippen LogP contribution in [-0.4, -0.2) is 0 Å². The summed E-state index contributed by atoms with van der Waals surface area (Å²) in [5, 5.41) is 21.2. The lowest BCUT2D eigenvalue weighted by Gasteiger charge is -2.07. The number of hydrogen-bond acceptors (Lipinski definition) is 4. The van der Waals surface area contributed by atoms with Crippen LogP contribution in [0.5, 0.6) is 0 Å². The number of fused-ring (bicyclic) bond motifs is 2. The molecule has 2 aromatic carbocycles. The van der Waals surface area contributed by atoms with Crippen molar-refractivity contribution < 1.29 is 4.42 Å². The van der Waals surface area contributed by atoms with E-state index in [2.05, 4.69) is 37.3 Å². The van der Waals surface area contributed by atoms with Crippen molar-refractivity contribution in [3.63, 3.8) is 0 Å². The Kier molecular flexibility index (Phi) is 3.61. The highest BCUT2D eigenvalue weighted by Crippen LogP contribution is 2.44. The highest BCUT2D eigenvalue weighted by molar-refractivity contribution is 7.22. The van der Waals surface area contributed by atoms with Gasteiger partial charge in [0.05, 0.1) is 16.0 Å². The monoisotopic (exact) mass is 356 g/mol. The number of nitriles is 2. The van der Waals surface area contributed by atoms with Gasteiger partial charge in [-0.15, -0.1) is 11.3 Å². The minimum absolute atomic E-state index is 0.477. The molecule has 2 heterocycles. The molecule has 0 amide bonds. The topological polar surface area (TPSA) is 60.7 Å². The molecule has 3 nitrogen and oxygen atoms in total. The zero-order valence-electron chi connectivity index (χ0n) is 15.0. The van der Waals surface area contributed by atoms with Crippen LogP contribution >= 0.6 is 11.3 Å². The summed E-state index contributed by atoms with van der Waals surface area (Å²) in [5.41, 5.74) is 5.84. The predicted molar refractivity (Wildman–Crippen MR) is 105 cm³/mol. The minimum atomic E-state index is 0.477. The number of benzene rings is 2. The van der Waals surface area contributed by atoms with E-state index in [1.54, 1.807) is 11.3 Å². The van der Waals surface area contributed by atoms with Crippen molar-refractivity contribution in [3.8, 4) is 22.8 Å². The summed E-state index contributed by atoms with van der Waals surface area (Å²) in [7, 11) is 0. The zero-order chi connectivity index (χ0) is 18.6. The second-order valence-electron chi connectivity index (χ2n) is 6.64. The van der Waals surface area contributed by atoms with Crippen molar-refractivity contribution in [2.75, 3.05) is 0 Å². The molecule has 4 heteroatoms. The Balaban J connectivity index is 2.07. The number of aryl methyl sites for hydroxylation is 4. The molecule has 0 fully saturated rings. The van der Waals surface area contributed by atoms with E-state index in [0.717, 1.165) is 53.9 Å². The Morgan fingerprint density at radius 2 is 1.58 bits per heavy atom. The Morgan fingerprint density at radius 1 is 0.885 bits per heavy atom. The number of nitrogens with zero attached hydrogens (tertiary/aromatic N) is 2. The third kappa shape index (κ3) is 2.17. The van der Waals surface area contributed by atoms with E-state index >= 15 is 0 Å². The maximum absolute atomic E-state index is 9.53. The molecule has 0 aliphatic rings. The molecule has 0 saturated carbocycles. The van der Waals surface area contributed by atoms with Gasteiger partial charge in [0.2, 0.25) is 0 Å². The lowest BCUT2D eigenvalue weighted by molar-refractivity contribution is 0.632. The van der Waals surface area contributed by atoms with Crippen LogP contribution in [0.3, 0.4) is 0 Å². The quantitative estimate of drug-likeness (QED) is 0.402. The van der Waals surface area contributed by atoms with E-state index in [-0.39, 0.29) is 0 Å². The van der Waals surface area contributed by atoms with Gasteiger partial charge in [0.15, 0.2) is 0 Å². The summed E-state index contributed by atoms with van der Waals surface area (Å²) in [4.78, 5) is 1.05. The average Bonchev–Trinajstić information content (AvgIpc) is 3.18. The zero-order valence-corrected chi connectivity index (χ0v) is 15.8. The molecule has 126 valence electrons. The standard InChI is InChI=1S/C22H16N2OS/c1-11-5-6-15-8-19(25-18(15)7-11)21-14(4)20-12(2)16(9-23)17(10-24)13(3)22(20)26-21/h5-8H,1-4H3. The number of thiophene rings is 1. The smallest absolute Gasteiger partial charge is 0.145 e. The molecule has 4 rings (SSSR count). The molecule has 0 saturated heterocycles. The van der Waals surface area contributed by atoms with Gasteiger partial charge in [-0.25, -0.2) is 0 Å². The van der Waals surface area contributed by atoms with Gasteiger partial charge in [0.1, 0.15) is 23.5 Å². The van der Waals surface area contributed by atoms with Crippen LogP contribution in [0.2, 0.25) is 0 Å². The van der Waals surface area contributed by atoms with Gasteiger partial charge in [0.25, 0.3) is 0 Å². The van der Waals surface area contributed by atoms with Gasteiger partial charge in [-0.3, -0.25) is 0 Å². The second kappa shape index (κ2) is 5.73. The fourth-order valence-electron chi connectivity index (χ4n) is 3.61. The average molecular weight is 356 g/mol. The van der Waals surface area contributed by atoms with Crippen LogP contribution in [-0.2, 0) is 0 Å². The first-order chi connectivity index (χ1) is 12.5. The Morgan fingerprint density at radius 3 is 2.27 bits per heavy atom. The number of rotatable bonds is 1. The molecule has 0 atom stereocenters. The van der Waals surface area contributed by atoms with E-state index < -0.39 is 0 Å². The maximum atomic E-state index is 9.53. The largest absolute Gasteiger partial charge is 0.455 e. The summed E-state index contributed by atoms with van der Waals surface area (Å²) in [6.45, 7) is 7.95. The lowest BCUT2D eigenvalue weighted by Crippen LogP contribution is -1.94. The van der Waals surface area contributed by atoms with Crippen molar-refractivity contribution >= 4 is 32.4 Å². The van der Waals surface area contributed by atoms with Gasteiger partial charge in [-0.05, 0) is 62.1 Å². The van der Waals surface area contributed by atoms with E-state index in [1.165, 1.54) is 0 Å². The van der Waals surface area contributed by atoms with Crippen molar-refractivity contribution in [1.82, 2.24) is 0 Å². The normalized spacial score (nSPS) is 11.0. The summed E-state index contributed by atoms with van der Waals surface area (Å²) in [6.07, 6.45) is 0. The third-order valence-electron chi connectivity index (χ3n) is 4.99. The fourth-order valence-corrected chi connectivity index (χ4v) is 4.93. The Bertz CT molecular complexity index is 1290. The molecule has 0 unspecified atom stereocenters. The van der Waals surface area contributed by atoms with Gasteiger partial charge >= 0.3 is 0 Å². The van der Waals surface area contributed by atoms with Gasteiger partial charge in [-0.1, -0.05) is 12.1 Å². The minimum Gasteiger partial charge on any atom is -0.455 e. The maximum Gasteiger partial charge on any atom is 0.145 e. The van der Waals surface area contributed by atoms with Crippen LogP contribution in [0, 0.1) is 50.4 Å². The van der Waals surface area contributed by atoms with E-state index in [4.69, 9.17) is 4.42 Å². The van der Waals surface area contributed by atoms with Crippen molar-refractivity contribution in [3.05, 3.63) is 57.6 Å². The molecule has 0 N–H and O–H groups in total. The van der Waals surface area contributed by atoms with Crippen LogP contribution in [0.25, 0.3) is 31.7 Å². The van der Waals surface area contributed by atoms with Crippen LogP contribution in [0.15, 0.2) is 28.7 Å². The van der Waals surface area contributed by atoms with Gasteiger partial charge in [0, 0.05) is 15.5 Å². The number of furan rings is 1. The third-order valence-corrected chi connectivity index (χ3v) is 6.41. The summed E-state index contributed by atoms with van der Waals surface area (Å²) in [5.74, 6) is 0.833. The van der Waals surface area contributed by atoms with Crippen molar-refractivity contribution in [2.24, 2.45) is 0 Å². The molecule has 4 aromatic rings. The summed E-state index contributed by atoms with van der Waals surface area (Å²) >= 11 is 1.63. The summed E-state index contributed by atoms with van der Waals surface area (Å²) < 4.78 is 7.18. The first-order valence-corrected chi connectivity index (χ1v) is 9.15. The summed E-state index contributed by atoms with van der Waals surface area (Å²) in [6, 6.07) is 12.7. The highest BCUT2D eigenvalue weighted by Gasteiger charge is 2.22. The van der Waals surface area contributed by atoms with Gasteiger partial charge in [-0.2, -0.15) is 10.5 Å². The van der Waals surface area contributed by atoms with E-state index in [0.29, 0.717) is 11.1 Å². The molecule has 0 aliphatic carbocycles. The van der Waals surface area contributed by atoms with Crippen LogP contribution in [0.4, 0.5) is 0 Å². The first-order valence-electron chi connectivity index (χ1n) is 8.33. The molecule has 26 heavy (non-hydrogen) atoms. The molecule has 0 radical (unpaired) electrons. The molecule has 0 aliphatic heterocycles. The lowest BCUT2D eigenvalue weighted by atomic mass is 9.93. The molecular weight excluding hydrogens is 340 g/mol. The predicted octanol–water partition coefficient (Wildman–Crippen LogP) is 6.29. The molecule has 0 spiro atoms. The Labute approximate surface area is 155 Å². The van der Waals surface area contributed by atoms with Crippen LogP contribution < -0.4 is 0 Å². The second-order valence-corrected chi connectivity index (χ2v) is 7.66. The first kappa shape index (κ1) is 16.4. The molecule has 2 aromatic heterocycles. The molecule has 0 bridgehead atoms. The number of hydrogen-bond donors (Lipinski definition) is 0. The van der Waals surface area contributed by atoms with Crippen LogP contribution in [0.1, 0.15) is 33.4 Å². The van der Waals surface area contributed by atoms with Crippen molar-refractivity contribution in [2.45, 2.75) is 27.7 Å². The van der Waals surface area contributed by atoms with E-state index in [9.17, 15) is 10.5 Å². The highest BCUT2D eigenvalue weighted by atomic mass is 32.1. The van der Waals surface area contributed by atoms with Gasteiger partial charge < -0.3 is 4.42 Å². The Hall–Kier alpha value is -3.08. The SMILES string of the molecule is Cc1ccc2cc(-c3sc4c(C)c(C#N)c(C#N)c(C)c4c3C)oc2c1. The molecular formula is C22H16N2OS. The fraction of sp³-hybridized carbons (Fsp3) is 0.182. The van der Waals surface area contributed by atoms with E-state index in [1.807, 2.05) is 26.8 Å². The van der Waals surface area contributed by atoms with Crippen molar-refractivity contribution in [1.29, 1.82) is 10.5 Å².